The quantitative estimate of drug-likeness (QED) is 0.105. The van der Waals surface area contributed by atoms with Crippen LogP contribution in [0.2, 0.25) is 0 Å². The number of piperidine rings is 1. The highest BCUT2D eigenvalue weighted by Gasteiger charge is 2.32. The molecule has 0 bridgehead atoms. The molecule has 1 atom stereocenters. The molecule has 3 aromatic carbocycles. The van der Waals surface area contributed by atoms with Crippen molar-refractivity contribution in [2.75, 3.05) is 18.0 Å². The SMILES string of the molecule is C=C/C(=C\C=C/CC1CCCN(Sc2cccc(-c3ccc(C(C)C)cc3)c2)C1)CC(C)(C)N(C=O)c1ccc(C(F)(F)F)cc1. The normalized spacial score (nSPS) is 16.6. The standard InChI is InChI=1S/C39H45F3N2OS/c1-6-30(26-38(4,5)44(28-45)36-22-20-35(21-23-36)39(40,41)42)11-7-8-12-31-13-10-24-43(27-31)46-37-15-9-14-34(25-37)33-18-16-32(17-19-33)29(2)3/h6-9,11,14-23,25,28-29,31H,1,10,12-13,24,26-27H2,2-5H3/b8-7-,30-11+. The Balaban J connectivity index is 1.32. The molecule has 1 unspecified atom stereocenters. The van der Waals surface area contributed by atoms with Gasteiger partial charge in [-0.3, -0.25) is 4.79 Å². The Bertz CT molecular complexity index is 1510. The fraction of sp³-hybridized carbons (Fsp3) is 0.359. The van der Waals surface area contributed by atoms with Crippen molar-refractivity contribution in [3.8, 4) is 11.1 Å². The summed E-state index contributed by atoms with van der Waals surface area (Å²) in [5.74, 6) is 1.08. The number of anilines is 1. The average Bonchev–Trinajstić information content (AvgIpc) is 3.03. The summed E-state index contributed by atoms with van der Waals surface area (Å²) in [4.78, 5) is 14.8. The first-order valence-electron chi connectivity index (χ1n) is 15.9. The van der Waals surface area contributed by atoms with E-state index in [2.05, 4.69) is 85.4 Å². The van der Waals surface area contributed by atoms with E-state index in [9.17, 15) is 18.0 Å². The molecule has 4 rings (SSSR count). The van der Waals surface area contributed by atoms with E-state index in [1.54, 1.807) is 6.08 Å². The summed E-state index contributed by atoms with van der Waals surface area (Å²) in [5.41, 5.74) is 3.77. The maximum Gasteiger partial charge on any atom is 0.416 e. The molecule has 1 fully saturated rings. The van der Waals surface area contributed by atoms with Gasteiger partial charge in [-0.05, 0) is 122 Å². The van der Waals surface area contributed by atoms with Crippen LogP contribution in [0.25, 0.3) is 11.1 Å². The van der Waals surface area contributed by atoms with Gasteiger partial charge in [-0.15, -0.1) is 0 Å². The van der Waals surface area contributed by atoms with Crippen molar-refractivity contribution in [1.29, 1.82) is 0 Å². The van der Waals surface area contributed by atoms with Gasteiger partial charge in [0.2, 0.25) is 6.41 Å². The summed E-state index contributed by atoms with van der Waals surface area (Å²) in [6.07, 6.45) is 8.10. The van der Waals surface area contributed by atoms with E-state index in [1.165, 1.54) is 45.0 Å². The van der Waals surface area contributed by atoms with Gasteiger partial charge in [0.25, 0.3) is 0 Å². The largest absolute Gasteiger partial charge is 0.416 e. The molecular formula is C39H45F3N2OS. The Labute approximate surface area is 277 Å². The Morgan fingerprint density at radius 3 is 2.39 bits per heavy atom. The molecule has 1 saturated heterocycles. The van der Waals surface area contributed by atoms with E-state index >= 15 is 0 Å². The summed E-state index contributed by atoms with van der Waals surface area (Å²) in [6.45, 7) is 14.3. The summed E-state index contributed by atoms with van der Waals surface area (Å²) in [7, 11) is 0. The van der Waals surface area contributed by atoms with E-state index in [4.69, 9.17) is 0 Å². The number of alkyl halides is 3. The number of benzene rings is 3. The molecule has 0 radical (unpaired) electrons. The van der Waals surface area contributed by atoms with E-state index in [0.717, 1.165) is 43.6 Å². The van der Waals surface area contributed by atoms with Crippen LogP contribution < -0.4 is 4.90 Å². The van der Waals surface area contributed by atoms with Gasteiger partial charge >= 0.3 is 6.18 Å². The minimum absolute atomic E-state index is 0.415. The van der Waals surface area contributed by atoms with Crippen LogP contribution in [0.3, 0.4) is 0 Å². The molecule has 0 aromatic heterocycles. The van der Waals surface area contributed by atoms with Crippen molar-refractivity contribution in [2.45, 2.75) is 75.9 Å². The van der Waals surface area contributed by atoms with Crippen molar-refractivity contribution < 1.29 is 18.0 Å². The monoisotopic (exact) mass is 646 g/mol. The van der Waals surface area contributed by atoms with Crippen LogP contribution in [0.15, 0.2) is 114 Å². The number of rotatable bonds is 13. The zero-order valence-electron chi connectivity index (χ0n) is 27.3. The maximum atomic E-state index is 13.0. The second-order valence-corrected chi connectivity index (χ2v) is 14.1. The van der Waals surface area contributed by atoms with Gasteiger partial charge < -0.3 is 4.90 Å². The molecule has 3 aromatic rings. The third-order valence-electron chi connectivity index (χ3n) is 8.51. The van der Waals surface area contributed by atoms with Gasteiger partial charge in [0.15, 0.2) is 0 Å². The number of halogens is 3. The number of allylic oxidation sites excluding steroid dienone is 4. The molecule has 0 N–H and O–H groups in total. The molecule has 7 heteroatoms. The van der Waals surface area contributed by atoms with Gasteiger partial charge in [0.1, 0.15) is 0 Å². The van der Waals surface area contributed by atoms with E-state index in [0.29, 0.717) is 30.4 Å². The summed E-state index contributed by atoms with van der Waals surface area (Å²) >= 11 is 1.84. The minimum atomic E-state index is -4.42. The number of hydrogen-bond donors (Lipinski definition) is 0. The Morgan fingerprint density at radius 1 is 1.04 bits per heavy atom. The smallest absolute Gasteiger partial charge is 0.309 e. The van der Waals surface area contributed by atoms with Crippen LogP contribution >= 0.6 is 11.9 Å². The molecule has 1 heterocycles. The van der Waals surface area contributed by atoms with Gasteiger partial charge in [-0.1, -0.05) is 81.1 Å². The van der Waals surface area contributed by atoms with Crippen LogP contribution in [-0.4, -0.2) is 29.3 Å². The number of nitrogens with zero attached hydrogens (tertiary/aromatic N) is 2. The number of amides is 1. The van der Waals surface area contributed by atoms with Gasteiger partial charge in [0.05, 0.1) is 5.56 Å². The van der Waals surface area contributed by atoms with E-state index in [-0.39, 0.29) is 0 Å². The van der Waals surface area contributed by atoms with E-state index in [1.807, 2.05) is 31.9 Å². The molecule has 0 spiro atoms. The first kappa shape index (κ1) is 35.3. The zero-order valence-corrected chi connectivity index (χ0v) is 28.1. The molecule has 0 aliphatic carbocycles. The third kappa shape index (κ3) is 9.73. The number of carbonyl (C=O) groups excluding carboxylic acids is 1. The van der Waals surface area contributed by atoms with Gasteiger partial charge in [-0.2, -0.15) is 13.2 Å². The van der Waals surface area contributed by atoms with Crippen LogP contribution in [-0.2, 0) is 11.0 Å². The van der Waals surface area contributed by atoms with Crippen LogP contribution in [0, 0.1) is 5.92 Å². The fourth-order valence-electron chi connectivity index (χ4n) is 5.85. The highest BCUT2D eigenvalue weighted by Crippen LogP contribution is 2.34. The highest BCUT2D eigenvalue weighted by molar-refractivity contribution is 7.97. The highest BCUT2D eigenvalue weighted by atomic mass is 32.2. The summed E-state index contributed by atoms with van der Waals surface area (Å²) in [5, 5.41) is 0. The molecule has 3 nitrogen and oxygen atoms in total. The third-order valence-corrected chi connectivity index (χ3v) is 9.56. The maximum absolute atomic E-state index is 13.0. The van der Waals surface area contributed by atoms with Crippen LogP contribution in [0.5, 0.6) is 0 Å². The Kier molecular flexibility index (Phi) is 12.2. The van der Waals surface area contributed by atoms with Crippen molar-refractivity contribution in [2.24, 2.45) is 5.92 Å². The minimum Gasteiger partial charge on any atom is -0.309 e. The number of hydrogen-bond acceptors (Lipinski definition) is 3. The average molecular weight is 647 g/mol. The van der Waals surface area contributed by atoms with Crippen LogP contribution in [0.4, 0.5) is 18.9 Å². The predicted molar refractivity (Wildman–Crippen MR) is 187 cm³/mol. The van der Waals surface area contributed by atoms with Crippen LogP contribution in [0.1, 0.15) is 70.4 Å². The lowest BCUT2D eigenvalue weighted by atomic mass is 9.91. The van der Waals surface area contributed by atoms with Crippen molar-refractivity contribution in [1.82, 2.24) is 4.31 Å². The molecule has 244 valence electrons. The lowest BCUT2D eigenvalue weighted by Gasteiger charge is -2.36. The molecule has 46 heavy (non-hydrogen) atoms. The molecule has 1 aliphatic rings. The van der Waals surface area contributed by atoms with Gasteiger partial charge in [-0.25, -0.2) is 4.31 Å². The van der Waals surface area contributed by atoms with Crippen molar-refractivity contribution >= 4 is 24.0 Å². The lowest BCUT2D eigenvalue weighted by molar-refractivity contribution is -0.137. The summed E-state index contributed by atoms with van der Waals surface area (Å²) < 4.78 is 41.5. The zero-order chi connectivity index (χ0) is 33.3. The summed E-state index contributed by atoms with van der Waals surface area (Å²) in [6, 6.07) is 22.3. The Morgan fingerprint density at radius 2 is 1.76 bits per heavy atom. The second-order valence-electron chi connectivity index (χ2n) is 12.9. The van der Waals surface area contributed by atoms with Gasteiger partial charge in [0, 0.05) is 29.2 Å². The number of carbonyl (C=O) groups is 1. The van der Waals surface area contributed by atoms with Crippen molar-refractivity contribution in [3.63, 3.8) is 0 Å². The fourth-order valence-corrected chi connectivity index (χ4v) is 6.98. The van der Waals surface area contributed by atoms with Crippen molar-refractivity contribution in [3.05, 3.63) is 120 Å². The molecule has 1 amide bonds. The second kappa shape index (κ2) is 15.8. The predicted octanol–water partition coefficient (Wildman–Crippen LogP) is 11.1. The Hall–Kier alpha value is -3.55. The first-order valence-corrected chi connectivity index (χ1v) is 16.7. The lowest BCUT2D eigenvalue weighted by Crippen LogP contribution is -2.43. The molecule has 0 saturated carbocycles. The van der Waals surface area contributed by atoms with E-state index < -0.39 is 17.3 Å². The first-order chi connectivity index (χ1) is 21.9. The topological polar surface area (TPSA) is 23.6 Å². The molecule has 1 aliphatic heterocycles. The molecular weight excluding hydrogens is 602 g/mol.